The van der Waals surface area contributed by atoms with Crippen molar-refractivity contribution >= 4 is 17.4 Å². The van der Waals surface area contributed by atoms with E-state index < -0.39 is 0 Å². The van der Waals surface area contributed by atoms with E-state index in [1.165, 1.54) is 6.07 Å². The van der Waals surface area contributed by atoms with Crippen LogP contribution in [-0.2, 0) is 0 Å². The first-order valence-corrected chi connectivity index (χ1v) is 4.50. The normalized spacial score (nSPS) is 11.5. The number of aromatic nitrogens is 1. The Balaban J connectivity index is 2.93. The highest BCUT2D eigenvalue weighted by Gasteiger charge is 2.02. The molecule has 0 saturated carbocycles. The number of anilines is 1. The number of nitriles is 1. The summed E-state index contributed by atoms with van der Waals surface area (Å²) in [6, 6.07) is 5.26. The number of halogens is 1. The van der Waals surface area contributed by atoms with Crippen molar-refractivity contribution in [2.45, 2.75) is 13.0 Å². The summed E-state index contributed by atoms with van der Waals surface area (Å²) in [5.74, 6) is 0.585. The van der Waals surface area contributed by atoms with E-state index >= 15 is 0 Å². The Labute approximate surface area is 88.0 Å². The second kappa shape index (κ2) is 4.64. The Morgan fingerprint density at radius 3 is 3.00 bits per heavy atom. The average molecular weight is 208 g/mol. The molecule has 1 aromatic heterocycles. The highest BCUT2D eigenvalue weighted by Crippen LogP contribution is 2.14. The molecular weight excluding hydrogens is 198 g/mol. The standard InChI is InChI=1S/C10H10ClN3/c1-3-7(2)13-10-5-8(6-12)4-9(11)14-10/h3-5,7H,1H2,2H3,(H,13,14). The molecule has 1 heterocycles. The number of pyridine rings is 1. The van der Waals surface area contributed by atoms with Crippen molar-refractivity contribution in [2.24, 2.45) is 0 Å². The summed E-state index contributed by atoms with van der Waals surface area (Å²) in [6.45, 7) is 5.57. The van der Waals surface area contributed by atoms with Crippen LogP contribution in [0.1, 0.15) is 12.5 Å². The van der Waals surface area contributed by atoms with E-state index in [0.29, 0.717) is 16.5 Å². The van der Waals surface area contributed by atoms with Gasteiger partial charge in [0, 0.05) is 6.04 Å². The predicted octanol–water partition coefficient (Wildman–Crippen LogP) is 2.59. The lowest BCUT2D eigenvalue weighted by atomic mass is 10.2. The number of hydrogen-bond donors (Lipinski definition) is 1. The van der Waals surface area contributed by atoms with Crippen molar-refractivity contribution in [3.05, 3.63) is 35.5 Å². The lowest BCUT2D eigenvalue weighted by Crippen LogP contribution is -2.12. The van der Waals surface area contributed by atoms with E-state index in [9.17, 15) is 0 Å². The molecule has 1 aromatic rings. The SMILES string of the molecule is C=CC(C)Nc1cc(C#N)cc(Cl)n1. The van der Waals surface area contributed by atoms with Crippen molar-refractivity contribution in [2.75, 3.05) is 5.32 Å². The molecule has 0 aliphatic heterocycles. The molecule has 3 nitrogen and oxygen atoms in total. The predicted molar refractivity (Wildman–Crippen MR) is 57.2 cm³/mol. The molecule has 14 heavy (non-hydrogen) atoms. The zero-order chi connectivity index (χ0) is 10.6. The molecule has 1 N–H and O–H groups in total. The maximum atomic E-state index is 8.69. The van der Waals surface area contributed by atoms with Crippen LogP contribution in [0, 0.1) is 11.3 Å². The molecule has 1 rings (SSSR count). The fourth-order valence-electron chi connectivity index (χ4n) is 0.928. The second-order valence-electron chi connectivity index (χ2n) is 2.84. The van der Waals surface area contributed by atoms with Crippen molar-refractivity contribution in [1.82, 2.24) is 4.98 Å². The first kappa shape index (κ1) is 10.6. The summed E-state index contributed by atoms with van der Waals surface area (Å²) in [4.78, 5) is 4.03. The number of nitrogens with zero attached hydrogens (tertiary/aromatic N) is 2. The van der Waals surface area contributed by atoms with Crippen LogP contribution in [0.15, 0.2) is 24.8 Å². The fraction of sp³-hybridized carbons (Fsp3) is 0.200. The van der Waals surface area contributed by atoms with Gasteiger partial charge in [-0.3, -0.25) is 0 Å². The van der Waals surface area contributed by atoms with Crippen LogP contribution in [0.5, 0.6) is 0 Å². The van der Waals surface area contributed by atoms with E-state index in [1.807, 2.05) is 13.0 Å². The van der Waals surface area contributed by atoms with E-state index in [1.54, 1.807) is 12.1 Å². The van der Waals surface area contributed by atoms with Crippen LogP contribution in [-0.4, -0.2) is 11.0 Å². The van der Waals surface area contributed by atoms with Gasteiger partial charge >= 0.3 is 0 Å². The third-order valence-electron chi connectivity index (χ3n) is 1.65. The van der Waals surface area contributed by atoms with Gasteiger partial charge in [-0.2, -0.15) is 5.26 Å². The van der Waals surface area contributed by atoms with Crippen LogP contribution in [0.25, 0.3) is 0 Å². The molecule has 0 saturated heterocycles. The van der Waals surface area contributed by atoms with Gasteiger partial charge in [-0.1, -0.05) is 17.7 Å². The van der Waals surface area contributed by atoms with Crippen LogP contribution < -0.4 is 5.32 Å². The van der Waals surface area contributed by atoms with Crippen LogP contribution >= 0.6 is 11.6 Å². The largest absolute Gasteiger partial charge is 0.364 e. The maximum absolute atomic E-state index is 8.69. The van der Waals surface area contributed by atoms with Crippen molar-refractivity contribution in [3.63, 3.8) is 0 Å². The van der Waals surface area contributed by atoms with Crippen LogP contribution in [0.4, 0.5) is 5.82 Å². The summed E-state index contributed by atoms with van der Waals surface area (Å²) >= 11 is 5.73. The van der Waals surface area contributed by atoms with Gasteiger partial charge in [0.2, 0.25) is 0 Å². The second-order valence-corrected chi connectivity index (χ2v) is 3.23. The van der Waals surface area contributed by atoms with Crippen molar-refractivity contribution in [1.29, 1.82) is 5.26 Å². The monoisotopic (exact) mass is 207 g/mol. The van der Waals surface area contributed by atoms with E-state index in [4.69, 9.17) is 16.9 Å². The van der Waals surface area contributed by atoms with Gasteiger partial charge in [0.05, 0.1) is 11.6 Å². The Morgan fingerprint density at radius 2 is 2.43 bits per heavy atom. The highest BCUT2D eigenvalue weighted by molar-refractivity contribution is 6.29. The minimum absolute atomic E-state index is 0.0903. The van der Waals surface area contributed by atoms with Gasteiger partial charge in [-0.05, 0) is 19.1 Å². The molecule has 1 unspecified atom stereocenters. The summed E-state index contributed by atoms with van der Waals surface area (Å²) in [5, 5.41) is 12.0. The Hall–Kier alpha value is -1.53. The molecule has 0 amide bonds. The first-order chi connectivity index (χ1) is 6.65. The fourth-order valence-corrected chi connectivity index (χ4v) is 1.14. The summed E-state index contributed by atoms with van der Waals surface area (Å²) in [6.07, 6.45) is 1.74. The maximum Gasteiger partial charge on any atom is 0.132 e. The zero-order valence-electron chi connectivity index (χ0n) is 7.79. The summed E-state index contributed by atoms with van der Waals surface area (Å²) in [5.41, 5.74) is 0.490. The van der Waals surface area contributed by atoms with Crippen molar-refractivity contribution in [3.8, 4) is 6.07 Å². The summed E-state index contributed by atoms with van der Waals surface area (Å²) < 4.78 is 0. The highest BCUT2D eigenvalue weighted by atomic mass is 35.5. The topological polar surface area (TPSA) is 48.7 Å². The minimum Gasteiger partial charge on any atom is -0.364 e. The quantitative estimate of drug-likeness (QED) is 0.612. The lowest BCUT2D eigenvalue weighted by molar-refractivity contribution is 0.983. The molecule has 4 heteroatoms. The minimum atomic E-state index is 0.0903. The van der Waals surface area contributed by atoms with Gasteiger partial charge in [-0.15, -0.1) is 6.58 Å². The number of nitrogens with one attached hydrogen (secondary N) is 1. The zero-order valence-corrected chi connectivity index (χ0v) is 8.54. The molecule has 0 aliphatic rings. The molecule has 1 atom stereocenters. The number of hydrogen-bond acceptors (Lipinski definition) is 3. The van der Waals surface area contributed by atoms with Gasteiger partial charge in [0.15, 0.2) is 0 Å². The van der Waals surface area contributed by atoms with E-state index in [-0.39, 0.29) is 6.04 Å². The Bertz CT molecular complexity index is 381. The first-order valence-electron chi connectivity index (χ1n) is 4.12. The van der Waals surface area contributed by atoms with Gasteiger partial charge in [0.25, 0.3) is 0 Å². The smallest absolute Gasteiger partial charge is 0.132 e. The molecule has 72 valence electrons. The molecule has 0 aliphatic carbocycles. The van der Waals surface area contributed by atoms with Gasteiger partial charge < -0.3 is 5.32 Å². The molecule has 0 spiro atoms. The third-order valence-corrected chi connectivity index (χ3v) is 1.85. The van der Waals surface area contributed by atoms with Gasteiger partial charge in [0.1, 0.15) is 11.0 Å². The molecule has 0 radical (unpaired) electrons. The third kappa shape index (κ3) is 2.75. The number of rotatable bonds is 3. The van der Waals surface area contributed by atoms with Crippen LogP contribution in [0.2, 0.25) is 5.15 Å². The Morgan fingerprint density at radius 1 is 1.71 bits per heavy atom. The molecular formula is C10H10ClN3. The molecule has 0 bridgehead atoms. The lowest BCUT2D eigenvalue weighted by Gasteiger charge is -2.09. The molecule has 0 fully saturated rings. The van der Waals surface area contributed by atoms with Crippen LogP contribution in [0.3, 0.4) is 0 Å². The van der Waals surface area contributed by atoms with Crippen molar-refractivity contribution < 1.29 is 0 Å². The van der Waals surface area contributed by atoms with Gasteiger partial charge in [-0.25, -0.2) is 4.98 Å². The summed E-state index contributed by atoms with van der Waals surface area (Å²) in [7, 11) is 0. The van der Waals surface area contributed by atoms with E-state index in [2.05, 4.69) is 16.9 Å². The molecule has 0 aromatic carbocycles. The average Bonchev–Trinajstić information content (AvgIpc) is 2.16. The van der Waals surface area contributed by atoms with E-state index in [0.717, 1.165) is 0 Å². The Kier molecular flexibility index (Phi) is 3.49.